The Morgan fingerprint density at radius 2 is 1.96 bits per heavy atom. The zero-order valence-corrected chi connectivity index (χ0v) is 12.7. The third-order valence-corrected chi connectivity index (χ3v) is 4.53. The summed E-state index contributed by atoms with van der Waals surface area (Å²) in [5.74, 6) is -0.885. The molecule has 0 saturated heterocycles. The highest BCUT2D eigenvalue weighted by Crippen LogP contribution is 2.31. The summed E-state index contributed by atoms with van der Waals surface area (Å²) in [6.45, 7) is 2.67. The second kappa shape index (κ2) is 5.56. The molecule has 1 aromatic heterocycles. The van der Waals surface area contributed by atoms with Gasteiger partial charge in [0.2, 0.25) is 0 Å². The van der Waals surface area contributed by atoms with Crippen molar-refractivity contribution in [2.45, 2.75) is 13.0 Å². The van der Waals surface area contributed by atoms with Gasteiger partial charge in [-0.05, 0) is 36.7 Å². The van der Waals surface area contributed by atoms with Crippen molar-refractivity contribution in [1.29, 1.82) is 0 Å². The van der Waals surface area contributed by atoms with Crippen molar-refractivity contribution in [2.75, 3.05) is 13.1 Å². The van der Waals surface area contributed by atoms with Gasteiger partial charge in [0, 0.05) is 35.2 Å². The molecule has 2 N–H and O–H groups in total. The molecule has 0 atom stereocenters. The number of carboxylic acids is 1. The third kappa shape index (κ3) is 2.41. The first-order chi connectivity index (χ1) is 11.2. The number of rotatable bonds is 1. The fraction of sp³-hybridized carbons (Fsp3) is 0.211. The number of fused-ring (bicyclic) bond motifs is 5. The molecule has 0 saturated carbocycles. The maximum Gasteiger partial charge on any atom is 0.335 e. The molecular formula is C19H18N2O2. The lowest BCUT2D eigenvalue weighted by Crippen LogP contribution is -2.21. The molecular weight excluding hydrogens is 288 g/mol. The smallest absolute Gasteiger partial charge is 0.335 e. The minimum absolute atomic E-state index is 0.333. The lowest BCUT2D eigenvalue weighted by atomic mass is 10.0. The minimum Gasteiger partial charge on any atom is -0.478 e. The van der Waals surface area contributed by atoms with E-state index < -0.39 is 5.97 Å². The summed E-state index contributed by atoms with van der Waals surface area (Å²) in [7, 11) is 0. The van der Waals surface area contributed by atoms with Gasteiger partial charge in [0.05, 0.1) is 5.56 Å². The first-order valence-electron chi connectivity index (χ1n) is 7.89. The number of carbonyl (C=O) groups is 1. The molecule has 3 aromatic rings. The summed E-state index contributed by atoms with van der Waals surface area (Å²) in [6, 6.07) is 16.0. The number of nitrogens with zero attached hydrogens (tertiary/aromatic N) is 1. The van der Waals surface area contributed by atoms with Crippen molar-refractivity contribution in [3.63, 3.8) is 0 Å². The number of hydrogen-bond donors (Lipinski definition) is 2. The van der Waals surface area contributed by atoms with Gasteiger partial charge in [0.1, 0.15) is 0 Å². The van der Waals surface area contributed by atoms with E-state index in [9.17, 15) is 9.90 Å². The number of aromatic carboxylic acids is 1. The van der Waals surface area contributed by atoms with Gasteiger partial charge in [-0.15, -0.1) is 0 Å². The van der Waals surface area contributed by atoms with E-state index in [0.29, 0.717) is 5.56 Å². The van der Waals surface area contributed by atoms with Gasteiger partial charge in [-0.25, -0.2) is 4.79 Å². The Morgan fingerprint density at radius 1 is 1.09 bits per heavy atom. The Labute approximate surface area is 134 Å². The van der Waals surface area contributed by atoms with E-state index in [1.54, 1.807) is 12.1 Å². The van der Waals surface area contributed by atoms with Gasteiger partial charge in [-0.2, -0.15) is 0 Å². The fourth-order valence-corrected chi connectivity index (χ4v) is 3.38. The van der Waals surface area contributed by atoms with Crippen molar-refractivity contribution in [3.05, 3.63) is 59.7 Å². The maximum atomic E-state index is 11.3. The molecule has 4 nitrogen and oxygen atoms in total. The molecule has 0 spiro atoms. The third-order valence-electron chi connectivity index (χ3n) is 4.53. The number of carboxylic acid groups (broad SMARTS) is 1. The molecule has 0 radical (unpaired) electrons. The molecule has 1 aliphatic rings. The monoisotopic (exact) mass is 306 g/mol. The van der Waals surface area contributed by atoms with E-state index >= 15 is 0 Å². The molecule has 4 rings (SSSR count). The maximum absolute atomic E-state index is 11.3. The van der Waals surface area contributed by atoms with Crippen LogP contribution >= 0.6 is 0 Å². The topological polar surface area (TPSA) is 54.3 Å². The lowest BCUT2D eigenvalue weighted by Gasteiger charge is -2.11. The molecule has 116 valence electrons. The van der Waals surface area contributed by atoms with Crippen LogP contribution in [0.3, 0.4) is 0 Å². The van der Waals surface area contributed by atoms with Gasteiger partial charge in [-0.3, -0.25) is 0 Å². The quantitative estimate of drug-likeness (QED) is 0.726. The van der Waals surface area contributed by atoms with Crippen molar-refractivity contribution in [1.82, 2.24) is 9.88 Å². The summed E-state index contributed by atoms with van der Waals surface area (Å²) in [6.07, 6.45) is 0.998. The Hall–Kier alpha value is -2.59. The standard InChI is InChI=1S/C19H18N2O2/c22-19(23)15-6-5-14-11-18-16-4-2-1-3-13(16)7-8-20-9-10-21(18)17(14)12-15/h1-6,11-12,20H,7-10H2,(H,22,23). The van der Waals surface area contributed by atoms with E-state index in [0.717, 1.165) is 37.0 Å². The summed E-state index contributed by atoms with van der Waals surface area (Å²) >= 11 is 0. The zero-order valence-electron chi connectivity index (χ0n) is 12.7. The highest BCUT2D eigenvalue weighted by molar-refractivity contribution is 5.95. The Balaban J connectivity index is 1.99. The van der Waals surface area contributed by atoms with Crippen LogP contribution in [0, 0.1) is 0 Å². The van der Waals surface area contributed by atoms with E-state index in [1.807, 2.05) is 6.07 Å². The normalized spacial score (nSPS) is 14.4. The van der Waals surface area contributed by atoms with Crippen LogP contribution in [0.2, 0.25) is 0 Å². The van der Waals surface area contributed by atoms with Crippen LogP contribution in [0.1, 0.15) is 15.9 Å². The van der Waals surface area contributed by atoms with E-state index in [1.165, 1.54) is 16.8 Å². The van der Waals surface area contributed by atoms with Crippen LogP contribution in [0.25, 0.3) is 22.2 Å². The summed E-state index contributed by atoms with van der Waals surface area (Å²) in [5.41, 5.74) is 5.05. The molecule has 0 unspecified atom stereocenters. The molecule has 2 heterocycles. The molecule has 1 aliphatic heterocycles. The summed E-state index contributed by atoms with van der Waals surface area (Å²) in [5, 5.41) is 13.8. The van der Waals surface area contributed by atoms with Crippen LogP contribution in [-0.4, -0.2) is 28.7 Å². The molecule has 2 aromatic carbocycles. The first kappa shape index (κ1) is 14.0. The van der Waals surface area contributed by atoms with Crippen LogP contribution in [0.5, 0.6) is 0 Å². The Kier molecular flexibility index (Phi) is 3.39. The molecule has 0 fully saturated rings. The average molecular weight is 306 g/mol. The number of aromatic nitrogens is 1. The van der Waals surface area contributed by atoms with Crippen molar-refractivity contribution < 1.29 is 9.90 Å². The Bertz CT molecular complexity index is 896. The highest BCUT2D eigenvalue weighted by Gasteiger charge is 2.16. The van der Waals surface area contributed by atoms with Gasteiger partial charge < -0.3 is 15.0 Å². The molecule has 0 amide bonds. The second-order valence-corrected chi connectivity index (χ2v) is 5.92. The van der Waals surface area contributed by atoms with E-state index in [4.69, 9.17) is 0 Å². The van der Waals surface area contributed by atoms with Crippen LogP contribution < -0.4 is 5.32 Å². The van der Waals surface area contributed by atoms with Crippen molar-refractivity contribution in [2.24, 2.45) is 0 Å². The average Bonchev–Trinajstić information content (AvgIpc) is 2.95. The van der Waals surface area contributed by atoms with E-state index in [2.05, 4.69) is 40.2 Å². The molecule has 0 bridgehead atoms. The van der Waals surface area contributed by atoms with Crippen LogP contribution in [0.15, 0.2) is 48.5 Å². The highest BCUT2D eigenvalue weighted by atomic mass is 16.4. The Morgan fingerprint density at radius 3 is 2.83 bits per heavy atom. The fourth-order valence-electron chi connectivity index (χ4n) is 3.38. The first-order valence-corrected chi connectivity index (χ1v) is 7.89. The predicted octanol–water partition coefficient (Wildman–Crippen LogP) is 3.15. The van der Waals surface area contributed by atoms with Gasteiger partial charge in [-0.1, -0.05) is 30.3 Å². The lowest BCUT2D eigenvalue weighted by molar-refractivity contribution is 0.0697. The summed E-state index contributed by atoms with van der Waals surface area (Å²) < 4.78 is 2.24. The summed E-state index contributed by atoms with van der Waals surface area (Å²) in [4.78, 5) is 11.3. The number of nitrogens with one attached hydrogen (secondary N) is 1. The van der Waals surface area contributed by atoms with Gasteiger partial charge in [0.25, 0.3) is 0 Å². The minimum atomic E-state index is -0.885. The van der Waals surface area contributed by atoms with Gasteiger partial charge in [0.15, 0.2) is 0 Å². The molecule has 4 heteroatoms. The SMILES string of the molecule is O=C(O)c1ccc2cc3n(c2c1)CCNCCc1ccccc1-3. The number of hydrogen-bond acceptors (Lipinski definition) is 2. The largest absolute Gasteiger partial charge is 0.478 e. The zero-order chi connectivity index (χ0) is 15.8. The van der Waals surface area contributed by atoms with Gasteiger partial charge >= 0.3 is 5.97 Å². The molecule has 23 heavy (non-hydrogen) atoms. The van der Waals surface area contributed by atoms with E-state index in [-0.39, 0.29) is 0 Å². The molecule has 0 aliphatic carbocycles. The number of benzene rings is 2. The van der Waals surface area contributed by atoms with Crippen LogP contribution in [0.4, 0.5) is 0 Å². The second-order valence-electron chi connectivity index (χ2n) is 5.92. The van der Waals surface area contributed by atoms with Crippen molar-refractivity contribution in [3.8, 4) is 11.3 Å². The van der Waals surface area contributed by atoms with Crippen molar-refractivity contribution >= 4 is 16.9 Å². The van der Waals surface area contributed by atoms with Crippen LogP contribution in [-0.2, 0) is 13.0 Å². The predicted molar refractivity (Wildman–Crippen MR) is 90.9 cm³/mol.